The zero-order valence-electron chi connectivity index (χ0n) is 39.4. The molecule has 0 amide bonds. The number of unbranched alkanes of at least 4 members (excludes halogenated alkanes) is 16. The molecule has 1 unspecified atom stereocenters. The largest absolute Gasteiger partial charge is 0.462 e. The van der Waals surface area contributed by atoms with E-state index in [0.717, 1.165) is 116 Å². The highest BCUT2D eigenvalue weighted by Crippen LogP contribution is 2.13. The van der Waals surface area contributed by atoms with E-state index >= 15 is 0 Å². The number of ether oxygens (including phenoxy) is 3. The third kappa shape index (κ3) is 47.2. The maximum atomic E-state index is 12.8. The molecule has 0 radical (unpaired) electrons. The van der Waals surface area contributed by atoms with Crippen molar-refractivity contribution in [2.75, 3.05) is 13.2 Å². The van der Waals surface area contributed by atoms with E-state index < -0.39 is 6.10 Å². The number of hydrogen-bond acceptors (Lipinski definition) is 6. The van der Waals surface area contributed by atoms with E-state index in [-0.39, 0.29) is 37.5 Å². The van der Waals surface area contributed by atoms with Crippen molar-refractivity contribution in [2.24, 2.45) is 0 Å². The molecule has 0 saturated carbocycles. The second kappa shape index (κ2) is 49.0. The van der Waals surface area contributed by atoms with Gasteiger partial charge in [0.2, 0.25) is 0 Å². The highest BCUT2D eigenvalue weighted by Gasteiger charge is 2.19. The summed E-state index contributed by atoms with van der Waals surface area (Å²) in [6.45, 7) is 6.30. The summed E-state index contributed by atoms with van der Waals surface area (Å²) in [4.78, 5) is 37.9. The molecule has 0 spiro atoms. The fraction of sp³-hybridized carbons (Fsp3) is 0.655. The molecule has 0 aliphatic rings. The summed E-state index contributed by atoms with van der Waals surface area (Å²) in [6, 6.07) is 0. The Labute approximate surface area is 375 Å². The van der Waals surface area contributed by atoms with Gasteiger partial charge in [0.1, 0.15) is 13.2 Å². The maximum absolute atomic E-state index is 12.8. The van der Waals surface area contributed by atoms with Gasteiger partial charge in [0.05, 0.1) is 0 Å². The molecule has 61 heavy (non-hydrogen) atoms. The van der Waals surface area contributed by atoms with Crippen LogP contribution in [0, 0.1) is 0 Å². The van der Waals surface area contributed by atoms with Crippen molar-refractivity contribution in [3.63, 3.8) is 0 Å². The Kier molecular flexibility index (Phi) is 46.0. The van der Waals surface area contributed by atoms with Crippen LogP contribution >= 0.6 is 0 Å². The molecular weight excluding hydrogens is 757 g/mol. The topological polar surface area (TPSA) is 78.9 Å². The van der Waals surface area contributed by atoms with Crippen LogP contribution < -0.4 is 0 Å². The second-order valence-electron chi connectivity index (χ2n) is 16.0. The fourth-order valence-electron chi connectivity index (χ4n) is 6.40. The van der Waals surface area contributed by atoms with Gasteiger partial charge >= 0.3 is 17.9 Å². The summed E-state index contributed by atoms with van der Waals surface area (Å²) in [5.74, 6) is -1.03. The molecule has 0 aromatic carbocycles. The molecule has 0 N–H and O–H groups in total. The highest BCUT2D eigenvalue weighted by atomic mass is 16.6. The van der Waals surface area contributed by atoms with Crippen molar-refractivity contribution in [1.29, 1.82) is 0 Å². The first-order chi connectivity index (χ1) is 30.0. The average molecular weight is 847 g/mol. The molecule has 0 aliphatic carbocycles. The van der Waals surface area contributed by atoms with E-state index in [2.05, 4.69) is 106 Å². The van der Waals surface area contributed by atoms with Crippen LogP contribution in [0.3, 0.4) is 0 Å². The number of carbonyl (C=O) groups is 3. The van der Waals surface area contributed by atoms with Crippen molar-refractivity contribution in [1.82, 2.24) is 0 Å². The fourth-order valence-corrected chi connectivity index (χ4v) is 6.40. The predicted octanol–water partition coefficient (Wildman–Crippen LogP) is 16.2. The standard InChI is InChI=1S/C55H90O6/c1-4-7-10-13-16-19-22-25-27-30-33-36-39-42-45-48-54(57)60-51-52(50-59-53(56)47-44-41-38-35-32-29-24-21-18-15-12-9-6-3)61-55(58)49-46-43-40-37-34-31-28-26-23-20-17-14-11-8-5-2/h7,9-10,12,16,18-19,21,25-29,32,38,41,52H,4-6,8,11,13-15,17,20,22-24,30-31,33-37,39-40,42-51H2,1-3H3/b10-7-,12-9-,19-16-,21-18-,27-25-,28-26-,32-29-,41-38-. The Morgan fingerprint density at radius 2 is 0.672 bits per heavy atom. The third-order valence-electron chi connectivity index (χ3n) is 10.1. The number of carbonyl (C=O) groups excluding carboxylic acids is 3. The lowest BCUT2D eigenvalue weighted by Gasteiger charge is -2.18. The summed E-state index contributed by atoms with van der Waals surface area (Å²) in [7, 11) is 0. The SMILES string of the molecule is CC/C=C\C/C=C\C/C=C\C/C=C\CCC(=O)OCC(COC(=O)CCCCCCC/C=C\C/C=C\C/C=C\CC)OC(=O)CCCCCCC/C=C\CCCCCCCC. The Morgan fingerprint density at radius 1 is 0.344 bits per heavy atom. The van der Waals surface area contributed by atoms with E-state index in [1.165, 1.54) is 51.4 Å². The smallest absolute Gasteiger partial charge is 0.306 e. The molecule has 0 saturated heterocycles. The van der Waals surface area contributed by atoms with E-state index in [4.69, 9.17) is 14.2 Å². The maximum Gasteiger partial charge on any atom is 0.306 e. The Balaban J connectivity index is 4.52. The predicted molar refractivity (Wildman–Crippen MR) is 260 cm³/mol. The lowest BCUT2D eigenvalue weighted by atomic mass is 10.1. The zero-order valence-corrected chi connectivity index (χ0v) is 39.4. The van der Waals surface area contributed by atoms with Crippen LogP contribution in [0.2, 0.25) is 0 Å². The van der Waals surface area contributed by atoms with Crippen LogP contribution in [-0.2, 0) is 28.6 Å². The second-order valence-corrected chi connectivity index (χ2v) is 16.0. The van der Waals surface area contributed by atoms with Crippen LogP contribution in [0.1, 0.15) is 213 Å². The van der Waals surface area contributed by atoms with Crippen molar-refractivity contribution >= 4 is 17.9 Å². The summed E-state index contributed by atoms with van der Waals surface area (Å²) >= 11 is 0. The molecule has 6 nitrogen and oxygen atoms in total. The molecule has 0 fully saturated rings. The summed E-state index contributed by atoms with van der Waals surface area (Å²) in [6.07, 6.45) is 64.0. The molecule has 1 atom stereocenters. The Morgan fingerprint density at radius 3 is 1.11 bits per heavy atom. The highest BCUT2D eigenvalue weighted by molar-refractivity contribution is 5.71. The molecule has 0 aliphatic heterocycles. The van der Waals surface area contributed by atoms with E-state index in [1.807, 2.05) is 12.2 Å². The van der Waals surface area contributed by atoms with E-state index in [9.17, 15) is 14.4 Å². The Hall–Kier alpha value is -3.67. The van der Waals surface area contributed by atoms with Gasteiger partial charge in [-0.15, -0.1) is 0 Å². The van der Waals surface area contributed by atoms with Gasteiger partial charge in [0, 0.05) is 19.3 Å². The minimum atomic E-state index is -0.817. The monoisotopic (exact) mass is 847 g/mol. The zero-order chi connectivity index (χ0) is 44.4. The third-order valence-corrected chi connectivity index (χ3v) is 10.1. The molecule has 0 bridgehead atoms. The molecule has 6 heteroatoms. The first-order valence-electron chi connectivity index (χ1n) is 24.7. The Bertz CT molecular complexity index is 1250. The van der Waals surface area contributed by atoms with Gasteiger partial charge in [-0.3, -0.25) is 14.4 Å². The van der Waals surface area contributed by atoms with Crippen molar-refractivity contribution in [3.8, 4) is 0 Å². The minimum Gasteiger partial charge on any atom is -0.462 e. The van der Waals surface area contributed by atoms with Gasteiger partial charge in [-0.05, 0) is 103 Å². The van der Waals surface area contributed by atoms with Gasteiger partial charge in [0.15, 0.2) is 6.10 Å². The average Bonchev–Trinajstić information content (AvgIpc) is 3.26. The molecule has 0 rings (SSSR count). The van der Waals surface area contributed by atoms with Gasteiger partial charge in [-0.2, -0.15) is 0 Å². The number of allylic oxidation sites excluding steroid dienone is 16. The van der Waals surface area contributed by atoms with Gasteiger partial charge in [-0.25, -0.2) is 0 Å². The molecular formula is C55H90O6. The van der Waals surface area contributed by atoms with Gasteiger partial charge in [0.25, 0.3) is 0 Å². The molecule has 346 valence electrons. The molecule has 0 heterocycles. The van der Waals surface area contributed by atoms with E-state index in [0.29, 0.717) is 19.3 Å². The number of hydrogen-bond donors (Lipinski definition) is 0. The van der Waals surface area contributed by atoms with Crippen LogP contribution in [0.15, 0.2) is 97.2 Å². The molecule has 0 aromatic rings. The normalized spacial score (nSPS) is 12.9. The first-order valence-corrected chi connectivity index (χ1v) is 24.7. The van der Waals surface area contributed by atoms with Gasteiger partial charge < -0.3 is 14.2 Å². The minimum absolute atomic E-state index is 0.113. The van der Waals surface area contributed by atoms with E-state index in [1.54, 1.807) is 0 Å². The van der Waals surface area contributed by atoms with Crippen LogP contribution in [0.5, 0.6) is 0 Å². The quantitative estimate of drug-likeness (QED) is 0.0263. The summed E-state index contributed by atoms with van der Waals surface area (Å²) < 4.78 is 16.7. The van der Waals surface area contributed by atoms with Crippen molar-refractivity contribution in [3.05, 3.63) is 97.2 Å². The van der Waals surface area contributed by atoms with Crippen molar-refractivity contribution in [2.45, 2.75) is 219 Å². The number of esters is 3. The van der Waals surface area contributed by atoms with Crippen LogP contribution in [0.4, 0.5) is 0 Å². The van der Waals surface area contributed by atoms with Gasteiger partial charge in [-0.1, -0.05) is 189 Å². The van der Waals surface area contributed by atoms with Crippen LogP contribution in [0.25, 0.3) is 0 Å². The van der Waals surface area contributed by atoms with Crippen LogP contribution in [-0.4, -0.2) is 37.2 Å². The molecule has 0 aromatic heterocycles. The lowest BCUT2D eigenvalue weighted by Crippen LogP contribution is -2.30. The number of rotatable bonds is 43. The first kappa shape index (κ1) is 57.3. The lowest BCUT2D eigenvalue weighted by molar-refractivity contribution is -0.166. The summed E-state index contributed by atoms with van der Waals surface area (Å²) in [5.41, 5.74) is 0. The summed E-state index contributed by atoms with van der Waals surface area (Å²) in [5, 5.41) is 0. The van der Waals surface area contributed by atoms with Crippen molar-refractivity contribution < 1.29 is 28.6 Å².